The molecule has 0 amide bonds. The number of hydrogen-bond donors (Lipinski definition) is 1. The minimum atomic E-state index is -0.137. The largest absolute Gasteiger partial charge is 0.324 e. The highest BCUT2D eigenvalue weighted by atomic mass is 19.1. The first-order valence-corrected chi connectivity index (χ1v) is 5.52. The zero-order valence-corrected chi connectivity index (χ0v) is 8.59. The lowest BCUT2D eigenvalue weighted by Crippen LogP contribution is -2.25. The molecule has 15 heavy (non-hydrogen) atoms. The molecule has 0 saturated carbocycles. The van der Waals surface area contributed by atoms with Crippen LogP contribution < -0.4 is 5.73 Å². The fraction of sp³-hybridized carbons (Fsp3) is 0.385. The summed E-state index contributed by atoms with van der Waals surface area (Å²) >= 11 is 0. The Morgan fingerprint density at radius 2 is 2.20 bits per heavy atom. The monoisotopic (exact) mass is 203 g/mol. The SMILES string of the molecule is NC1CCCC2=C1Cc1ccc(F)cc12. The normalized spacial score (nSPS) is 24.0. The Hall–Kier alpha value is -1.15. The minimum Gasteiger partial charge on any atom is -0.324 e. The van der Waals surface area contributed by atoms with Gasteiger partial charge in [0.05, 0.1) is 0 Å². The van der Waals surface area contributed by atoms with Crippen molar-refractivity contribution in [1.29, 1.82) is 0 Å². The van der Waals surface area contributed by atoms with E-state index in [0.29, 0.717) is 0 Å². The average molecular weight is 203 g/mol. The van der Waals surface area contributed by atoms with E-state index in [4.69, 9.17) is 5.73 Å². The van der Waals surface area contributed by atoms with Crippen LogP contribution in [0.5, 0.6) is 0 Å². The van der Waals surface area contributed by atoms with Crippen molar-refractivity contribution in [3.63, 3.8) is 0 Å². The van der Waals surface area contributed by atoms with E-state index in [9.17, 15) is 4.39 Å². The Bertz CT molecular complexity index is 448. The van der Waals surface area contributed by atoms with E-state index in [2.05, 4.69) is 0 Å². The van der Waals surface area contributed by atoms with Crippen molar-refractivity contribution in [2.75, 3.05) is 0 Å². The van der Waals surface area contributed by atoms with Gasteiger partial charge in [0.15, 0.2) is 0 Å². The molecule has 0 aromatic heterocycles. The van der Waals surface area contributed by atoms with Gasteiger partial charge in [-0.2, -0.15) is 0 Å². The van der Waals surface area contributed by atoms with Crippen molar-refractivity contribution in [3.05, 3.63) is 40.7 Å². The van der Waals surface area contributed by atoms with Crippen molar-refractivity contribution in [2.24, 2.45) is 5.73 Å². The fourth-order valence-corrected chi connectivity index (χ4v) is 2.79. The number of rotatable bonds is 0. The van der Waals surface area contributed by atoms with E-state index in [0.717, 1.165) is 31.2 Å². The summed E-state index contributed by atoms with van der Waals surface area (Å²) in [5, 5.41) is 0. The van der Waals surface area contributed by atoms with Crippen LogP contribution in [0.4, 0.5) is 4.39 Å². The first-order valence-electron chi connectivity index (χ1n) is 5.52. The fourth-order valence-electron chi connectivity index (χ4n) is 2.79. The quantitative estimate of drug-likeness (QED) is 0.689. The van der Waals surface area contributed by atoms with Gasteiger partial charge in [0.2, 0.25) is 0 Å². The third-order valence-corrected chi connectivity index (χ3v) is 3.56. The third-order valence-electron chi connectivity index (χ3n) is 3.56. The van der Waals surface area contributed by atoms with Crippen LogP contribution in [0.3, 0.4) is 0 Å². The molecule has 1 aromatic carbocycles. The summed E-state index contributed by atoms with van der Waals surface area (Å²) in [5.74, 6) is -0.137. The topological polar surface area (TPSA) is 26.0 Å². The standard InChI is InChI=1S/C13H14FN/c14-9-5-4-8-6-12-10(11(8)7-9)2-1-3-13(12)15/h4-5,7,13H,1-3,6,15H2. The van der Waals surface area contributed by atoms with Crippen LogP contribution in [0, 0.1) is 5.82 Å². The molecule has 2 heteroatoms. The van der Waals surface area contributed by atoms with Crippen LogP contribution in [-0.4, -0.2) is 6.04 Å². The van der Waals surface area contributed by atoms with Gasteiger partial charge in [-0.15, -0.1) is 0 Å². The summed E-state index contributed by atoms with van der Waals surface area (Å²) in [6, 6.07) is 5.30. The lowest BCUT2D eigenvalue weighted by Gasteiger charge is -2.21. The molecule has 0 heterocycles. The molecule has 0 bridgehead atoms. The lowest BCUT2D eigenvalue weighted by molar-refractivity contribution is 0.620. The van der Waals surface area contributed by atoms with Gasteiger partial charge in [-0.3, -0.25) is 0 Å². The number of allylic oxidation sites excluding steroid dienone is 1. The maximum atomic E-state index is 13.2. The van der Waals surface area contributed by atoms with Crippen LogP contribution in [0.2, 0.25) is 0 Å². The van der Waals surface area contributed by atoms with E-state index in [1.54, 1.807) is 12.1 Å². The zero-order chi connectivity index (χ0) is 10.4. The molecular formula is C13H14FN. The van der Waals surface area contributed by atoms with Crippen LogP contribution in [-0.2, 0) is 6.42 Å². The first-order chi connectivity index (χ1) is 7.25. The maximum Gasteiger partial charge on any atom is 0.123 e. The van der Waals surface area contributed by atoms with Crippen LogP contribution in [0.15, 0.2) is 23.8 Å². The Kier molecular flexibility index (Phi) is 1.93. The number of halogens is 1. The van der Waals surface area contributed by atoms with Gasteiger partial charge in [-0.25, -0.2) is 4.39 Å². The van der Waals surface area contributed by atoms with E-state index < -0.39 is 0 Å². The molecule has 0 radical (unpaired) electrons. The highest BCUT2D eigenvalue weighted by molar-refractivity contribution is 5.78. The molecule has 78 valence electrons. The number of benzene rings is 1. The highest BCUT2D eigenvalue weighted by Gasteiger charge is 2.28. The van der Waals surface area contributed by atoms with Crippen molar-refractivity contribution in [1.82, 2.24) is 0 Å². The Morgan fingerprint density at radius 3 is 3.07 bits per heavy atom. The Balaban J connectivity index is 2.12. The molecule has 1 atom stereocenters. The molecular weight excluding hydrogens is 189 g/mol. The summed E-state index contributed by atoms with van der Waals surface area (Å²) in [5.41, 5.74) is 11.1. The molecule has 2 aliphatic rings. The molecule has 0 aliphatic heterocycles. The molecule has 0 spiro atoms. The van der Waals surface area contributed by atoms with Crippen LogP contribution in [0.1, 0.15) is 30.4 Å². The van der Waals surface area contributed by atoms with Gasteiger partial charge in [-0.1, -0.05) is 6.07 Å². The van der Waals surface area contributed by atoms with Gasteiger partial charge in [-0.05, 0) is 60.1 Å². The second-order valence-electron chi connectivity index (χ2n) is 4.48. The van der Waals surface area contributed by atoms with Crippen LogP contribution >= 0.6 is 0 Å². The number of hydrogen-bond acceptors (Lipinski definition) is 1. The summed E-state index contributed by atoms with van der Waals surface area (Å²) < 4.78 is 13.2. The highest BCUT2D eigenvalue weighted by Crippen LogP contribution is 2.41. The Labute approximate surface area is 88.8 Å². The minimum absolute atomic E-state index is 0.137. The third kappa shape index (κ3) is 1.32. The van der Waals surface area contributed by atoms with E-state index in [1.165, 1.54) is 16.7 Å². The second kappa shape index (κ2) is 3.17. The number of fused-ring (bicyclic) bond motifs is 2. The smallest absolute Gasteiger partial charge is 0.123 e. The average Bonchev–Trinajstić information content (AvgIpc) is 2.58. The summed E-state index contributed by atoms with van der Waals surface area (Å²) in [4.78, 5) is 0. The van der Waals surface area contributed by atoms with Gasteiger partial charge < -0.3 is 5.73 Å². The van der Waals surface area contributed by atoms with Gasteiger partial charge in [0.1, 0.15) is 5.82 Å². The van der Waals surface area contributed by atoms with Crippen LogP contribution in [0.25, 0.3) is 5.57 Å². The zero-order valence-electron chi connectivity index (χ0n) is 8.59. The van der Waals surface area contributed by atoms with Crippen molar-refractivity contribution in [3.8, 4) is 0 Å². The molecule has 1 unspecified atom stereocenters. The summed E-state index contributed by atoms with van der Waals surface area (Å²) in [6.45, 7) is 0. The first kappa shape index (κ1) is 9.10. The molecule has 2 aliphatic carbocycles. The molecule has 0 fully saturated rings. The van der Waals surface area contributed by atoms with Gasteiger partial charge >= 0.3 is 0 Å². The summed E-state index contributed by atoms with van der Waals surface area (Å²) in [6.07, 6.45) is 4.22. The Morgan fingerprint density at radius 1 is 1.33 bits per heavy atom. The van der Waals surface area contributed by atoms with E-state index >= 15 is 0 Å². The van der Waals surface area contributed by atoms with E-state index in [1.807, 2.05) is 6.07 Å². The van der Waals surface area contributed by atoms with Gasteiger partial charge in [0.25, 0.3) is 0 Å². The van der Waals surface area contributed by atoms with Crippen molar-refractivity contribution in [2.45, 2.75) is 31.7 Å². The molecule has 0 saturated heterocycles. The predicted octanol–water partition coefficient (Wildman–Crippen LogP) is 2.65. The lowest BCUT2D eigenvalue weighted by atomic mass is 9.88. The van der Waals surface area contributed by atoms with Crippen molar-refractivity contribution >= 4 is 5.57 Å². The van der Waals surface area contributed by atoms with Crippen molar-refractivity contribution < 1.29 is 4.39 Å². The predicted molar refractivity (Wildman–Crippen MR) is 58.9 cm³/mol. The summed E-state index contributed by atoms with van der Waals surface area (Å²) in [7, 11) is 0. The maximum absolute atomic E-state index is 13.2. The molecule has 1 nitrogen and oxygen atoms in total. The second-order valence-corrected chi connectivity index (χ2v) is 4.48. The molecule has 3 rings (SSSR count). The molecule has 1 aromatic rings. The van der Waals surface area contributed by atoms with Gasteiger partial charge in [0, 0.05) is 6.04 Å². The van der Waals surface area contributed by atoms with E-state index in [-0.39, 0.29) is 11.9 Å². The number of nitrogens with two attached hydrogens (primary N) is 1. The molecule has 2 N–H and O–H groups in total.